The molecule has 5 rings (SSSR count). The molecule has 1 N–H and O–H groups in total. The van der Waals surface area contributed by atoms with Gasteiger partial charge in [0.1, 0.15) is 0 Å². The average molecular weight is 416 g/mol. The van der Waals surface area contributed by atoms with Crippen molar-refractivity contribution in [2.24, 2.45) is 0 Å². The number of nitrogens with one attached hydrogen (secondary N) is 1. The van der Waals surface area contributed by atoms with Crippen molar-refractivity contribution >= 4 is 11.6 Å². The fourth-order valence-electron chi connectivity index (χ4n) is 3.88. The summed E-state index contributed by atoms with van der Waals surface area (Å²) in [5.41, 5.74) is 3.82. The van der Waals surface area contributed by atoms with Crippen LogP contribution in [0, 0.1) is 0 Å². The third-order valence-electron chi connectivity index (χ3n) is 5.45. The summed E-state index contributed by atoms with van der Waals surface area (Å²) >= 11 is 0. The summed E-state index contributed by atoms with van der Waals surface area (Å²) in [5.74, 6) is -0.198. The number of aryl methyl sites for hydroxylation is 1. The first-order valence-electron chi connectivity index (χ1n) is 10.6. The summed E-state index contributed by atoms with van der Waals surface area (Å²) in [5, 5.41) is 7.52. The standard InChI is InChI=1S/C23H24N6O2/c30-23(25-9-5-11-28-12-10-24-16-28)19-15-22-26-18(17-6-2-1-3-7-17)14-20(29(22)27-19)21-8-4-13-31-21/h1-3,6-7,10,12,14-16,21H,4-5,8-9,11,13H2,(H,25,30). The predicted molar refractivity (Wildman–Crippen MR) is 116 cm³/mol. The molecule has 3 aromatic heterocycles. The fourth-order valence-corrected chi connectivity index (χ4v) is 3.88. The van der Waals surface area contributed by atoms with Gasteiger partial charge in [-0.05, 0) is 25.3 Å². The number of benzene rings is 1. The zero-order chi connectivity index (χ0) is 21.0. The SMILES string of the molecule is O=C(NCCCn1ccnc1)c1cc2nc(-c3ccccc3)cc(C3CCCO3)n2n1. The first-order valence-corrected chi connectivity index (χ1v) is 10.6. The molecule has 1 fully saturated rings. The van der Waals surface area contributed by atoms with Gasteiger partial charge in [-0.2, -0.15) is 5.10 Å². The summed E-state index contributed by atoms with van der Waals surface area (Å²) in [4.78, 5) is 21.5. The van der Waals surface area contributed by atoms with E-state index in [1.54, 1.807) is 23.1 Å². The Morgan fingerprint density at radius 2 is 2.13 bits per heavy atom. The number of aromatic nitrogens is 5. The Balaban J connectivity index is 1.39. The molecule has 158 valence electrons. The number of hydrogen-bond donors (Lipinski definition) is 1. The normalized spacial score (nSPS) is 16.1. The molecule has 1 aromatic carbocycles. The monoisotopic (exact) mass is 416 g/mol. The van der Waals surface area contributed by atoms with Crippen LogP contribution in [0.2, 0.25) is 0 Å². The molecule has 1 saturated heterocycles. The minimum atomic E-state index is -0.198. The zero-order valence-corrected chi connectivity index (χ0v) is 17.1. The van der Waals surface area contributed by atoms with Gasteiger partial charge in [-0.1, -0.05) is 30.3 Å². The Morgan fingerprint density at radius 3 is 2.90 bits per heavy atom. The van der Waals surface area contributed by atoms with Crippen molar-refractivity contribution in [3.63, 3.8) is 0 Å². The van der Waals surface area contributed by atoms with Crippen LogP contribution in [-0.2, 0) is 11.3 Å². The summed E-state index contributed by atoms with van der Waals surface area (Å²) in [6.07, 6.45) is 8.15. The van der Waals surface area contributed by atoms with E-state index in [4.69, 9.17) is 9.72 Å². The van der Waals surface area contributed by atoms with E-state index in [0.717, 1.165) is 49.4 Å². The highest BCUT2D eigenvalue weighted by Crippen LogP contribution is 2.31. The second kappa shape index (κ2) is 8.69. The van der Waals surface area contributed by atoms with Gasteiger partial charge >= 0.3 is 0 Å². The Morgan fingerprint density at radius 1 is 1.23 bits per heavy atom. The molecule has 1 aliphatic rings. The third kappa shape index (κ3) is 4.20. The van der Waals surface area contributed by atoms with E-state index < -0.39 is 0 Å². The molecule has 1 unspecified atom stereocenters. The number of carbonyl (C=O) groups excluding carboxylic acids is 1. The summed E-state index contributed by atoms with van der Waals surface area (Å²) in [7, 11) is 0. The maximum absolute atomic E-state index is 12.7. The zero-order valence-electron chi connectivity index (χ0n) is 17.1. The first-order chi connectivity index (χ1) is 15.3. The number of hydrogen-bond acceptors (Lipinski definition) is 5. The number of imidazole rings is 1. The number of carbonyl (C=O) groups is 1. The van der Waals surface area contributed by atoms with E-state index in [2.05, 4.69) is 15.4 Å². The molecule has 0 bridgehead atoms. The van der Waals surface area contributed by atoms with Crippen molar-refractivity contribution in [1.82, 2.24) is 29.5 Å². The molecule has 0 spiro atoms. The maximum atomic E-state index is 12.7. The van der Waals surface area contributed by atoms with Crippen molar-refractivity contribution in [3.05, 3.63) is 72.6 Å². The van der Waals surface area contributed by atoms with Crippen LogP contribution in [0.5, 0.6) is 0 Å². The first kappa shape index (κ1) is 19.4. The lowest BCUT2D eigenvalue weighted by Gasteiger charge is -2.13. The Bertz CT molecular complexity index is 1160. The molecule has 8 nitrogen and oxygen atoms in total. The molecule has 1 aliphatic heterocycles. The van der Waals surface area contributed by atoms with Crippen molar-refractivity contribution in [1.29, 1.82) is 0 Å². The van der Waals surface area contributed by atoms with Crippen LogP contribution < -0.4 is 5.32 Å². The van der Waals surface area contributed by atoms with E-state index >= 15 is 0 Å². The van der Waals surface area contributed by atoms with Gasteiger partial charge in [-0.15, -0.1) is 0 Å². The largest absolute Gasteiger partial charge is 0.372 e. The van der Waals surface area contributed by atoms with Gasteiger partial charge in [-0.3, -0.25) is 4.79 Å². The van der Waals surface area contributed by atoms with Crippen LogP contribution in [0.15, 0.2) is 61.2 Å². The number of fused-ring (bicyclic) bond motifs is 1. The van der Waals surface area contributed by atoms with Crippen LogP contribution >= 0.6 is 0 Å². The van der Waals surface area contributed by atoms with Crippen molar-refractivity contribution < 1.29 is 9.53 Å². The maximum Gasteiger partial charge on any atom is 0.271 e. The van der Waals surface area contributed by atoms with Crippen LogP contribution in [0.4, 0.5) is 0 Å². The van der Waals surface area contributed by atoms with Gasteiger partial charge in [0, 0.05) is 43.7 Å². The molecule has 4 heterocycles. The number of nitrogens with zero attached hydrogens (tertiary/aromatic N) is 5. The molecule has 8 heteroatoms. The predicted octanol–water partition coefficient (Wildman–Crippen LogP) is 3.26. The Hall–Kier alpha value is -3.52. The molecule has 0 aliphatic carbocycles. The fraction of sp³-hybridized carbons (Fsp3) is 0.304. The Labute approximate surface area is 179 Å². The van der Waals surface area contributed by atoms with Gasteiger partial charge in [0.15, 0.2) is 11.3 Å². The van der Waals surface area contributed by atoms with Gasteiger partial charge in [0.05, 0.1) is 23.8 Å². The lowest BCUT2D eigenvalue weighted by molar-refractivity contribution is 0.0945. The van der Waals surface area contributed by atoms with E-state index in [-0.39, 0.29) is 12.0 Å². The van der Waals surface area contributed by atoms with Gasteiger partial charge in [-0.25, -0.2) is 14.5 Å². The summed E-state index contributed by atoms with van der Waals surface area (Å²) in [6, 6.07) is 13.8. The highest BCUT2D eigenvalue weighted by molar-refractivity contribution is 5.93. The second-order valence-corrected chi connectivity index (χ2v) is 7.64. The smallest absolute Gasteiger partial charge is 0.271 e. The van der Waals surface area contributed by atoms with Crippen molar-refractivity contribution in [2.75, 3.05) is 13.2 Å². The molecule has 0 radical (unpaired) electrons. The summed E-state index contributed by atoms with van der Waals surface area (Å²) in [6.45, 7) is 2.10. The molecule has 31 heavy (non-hydrogen) atoms. The van der Waals surface area contributed by atoms with Crippen molar-refractivity contribution in [2.45, 2.75) is 31.9 Å². The minimum Gasteiger partial charge on any atom is -0.372 e. The molecule has 0 saturated carbocycles. The molecule has 4 aromatic rings. The number of amides is 1. The lowest BCUT2D eigenvalue weighted by atomic mass is 10.1. The third-order valence-corrected chi connectivity index (χ3v) is 5.45. The number of rotatable bonds is 7. The van der Waals surface area contributed by atoms with E-state index in [1.807, 2.05) is 47.2 Å². The number of ether oxygens (including phenoxy) is 1. The van der Waals surface area contributed by atoms with Crippen LogP contribution in [0.3, 0.4) is 0 Å². The van der Waals surface area contributed by atoms with Crippen molar-refractivity contribution in [3.8, 4) is 11.3 Å². The van der Waals surface area contributed by atoms with E-state index in [1.165, 1.54) is 0 Å². The molecular weight excluding hydrogens is 392 g/mol. The summed E-state index contributed by atoms with van der Waals surface area (Å²) < 4.78 is 9.66. The van der Waals surface area contributed by atoms with Crippen LogP contribution in [0.1, 0.15) is 41.5 Å². The molecular formula is C23H24N6O2. The highest BCUT2D eigenvalue weighted by atomic mass is 16.5. The van der Waals surface area contributed by atoms with Gasteiger partial charge in [0.2, 0.25) is 0 Å². The topological polar surface area (TPSA) is 86.3 Å². The van der Waals surface area contributed by atoms with E-state index in [0.29, 0.717) is 17.9 Å². The average Bonchev–Trinajstić information content (AvgIpc) is 3.58. The van der Waals surface area contributed by atoms with E-state index in [9.17, 15) is 4.79 Å². The van der Waals surface area contributed by atoms with Crippen LogP contribution in [0.25, 0.3) is 16.9 Å². The molecule has 1 amide bonds. The minimum absolute atomic E-state index is 0.0426. The highest BCUT2D eigenvalue weighted by Gasteiger charge is 2.24. The molecule has 1 atom stereocenters. The quantitative estimate of drug-likeness (QED) is 0.467. The Kier molecular flexibility index (Phi) is 5.45. The van der Waals surface area contributed by atoms with Gasteiger partial charge < -0.3 is 14.6 Å². The van der Waals surface area contributed by atoms with Crippen LogP contribution in [-0.4, -0.2) is 43.2 Å². The van der Waals surface area contributed by atoms with Gasteiger partial charge in [0.25, 0.3) is 5.91 Å². The second-order valence-electron chi connectivity index (χ2n) is 7.64. The lowest BCUT2D eigenvalue weighted by Crippen LogP contribution is -2.25.